The summed E-state index contributed by atoms with van der Waals surface area (Å²) in [6.45, 7) is 4.02. The number of ketones is 1. The van der Waals surface area contributed by atoms with E-state index >= 15 is 0 Å². The van der Waals surface area contributed by atoms with Gasteiger partial charge in [0.15, 0.2) is 5.78 Å². The molecule has 0 amide bonds. The van der Waals surface area contributed by atoms with E-state index in [1.54, 1.807) is 18.2 Å². The van der Waals surface area contributed by atoms with Crippen LogP contribution in [-0.2, 0) is 9.53 Å². The Balaban J connectivity index is 2.26. The molecule has 0 aromatic heterocycles. The Hall–Kier alpha value is -0.890. The van der Waals surface area contributed by atoms with Gasteiger partial charge in [0.2, 0.25) is 0 Å². The molecule has 0 spiro atoms. The minimum absolute atomic E-state index is 0.00880. The standard InChI is InChI=1S/C8H10O2/c1-2-5-10-8-4-3-7(9)6-8/h2-4,8H,1,5-6H2. The van der Waals surface area contributed by atoms with E-state index in [1.165, 1.54) is 0 Å². The van der Waals surface area contributed by atoms with E-state index in [2.05, 4.69) is 6.58 Å². The smallest absolute Gasteiger partial charge is 0.158 e. The van der Waals surface area contributed by atoms with Crippen LogP contribution in [0.3, 0.4) is 0 Å². The Morgan fingerprint density at radius 1 is 1.90 bits per heavy atom. The highest BCUT2D eigenvalue weighted by molar-refractivity contribution is 5.92. The number of rotatable bonds is 3. The van der Waals surface area contributed by atoms with Crippen LogP contribution < -0.4 is 0 Å². The Morgan fingerprint density at radius 2 is 2.70 bits per heavy atom. The van der Waals surface area contributed by atoms with Crippen molar-refractivity contribution in [3.63, 3.8) is 0 Å². The molecule has 0 aromatic rings. The predicted octanol–water partition coefficient (Wildman–Crippen LogP) is 1.09. The van der Waals surface area contributed by atoms with E-state index in [1.807, 2.05) is 0 Å². The number of carbonyl (C=O) groups excluding carboxylic acids is 1. The summed E-state index contributed by atoms with van der Waals surface area (Å²) in [6, 6.07) is 0. The van der Waals surface area contributed by atoms with Gasteiger partial charge in [0, 0.05) is 6.42 Å². The summed E-state index contributed by atoms with van der Waals surface area (Å²) in [5.41, 5.74) is 0. The number of hydrogen-bond acceptors (Lipinski definition) is 2. The van der Waals surface area contributed by atoms with Crippen molar-refractivity contribution in [2.45, 2.75) is 12.5 Å². The molecule has 2 heteroatoms. The monoisotopic (exact) mass is 138 g/mol. The topological polar surface area (TPSA) is 26.3 Å². The van der Waals surface area contributed by atoms with Gasteiger partial charge in [-0.2, -0.15) is 0 Å². The highest BCUT2D eigenvalue weighted by atomic mass is 16.5. The molecule has 0 heterocycles. The molecule has 0 N–H and O–H groups in total. The van der Waals surface area contributed by atoms with Crippen LogP contribution in [0.1, 0.15) is 6.42 Å². The van der Waals surface area contributed by atoms with Crippen LogP contribution in [0.25, 0.3) is 0 Å². The van der Waals surface area contributed by atoms with Gasteiger partial charge in [-0.15, -0.1) is 6.58 Å². The van der Waals surface area contributed by atoms with Crippen LogP contribution in [0.15, 0.2) is 24.8 Å². The number of hydrogen-bond donors (Lipinski definition) is 0. The molecule has 10 heavy (non-hydrogen) atoms. The first kappa shape index (κ1) is 7.22. The summed E-state index contributed by atoms with van der Waals surface area (Å²) in [5, 5.41) is 0. The van der Waals surface area contributed by atoms with Crippen LogP contribution in [-0.4, -0.2) is 18.5 Å². The molecule has 2 nitrogen and oxygen atoms in total. The highest BCUT2D eigenvalue weighted by Crippen LogP contribution is 2.09. The second-order valence-electron chi connectivity index (χ2n) is 2.19. The first-order valence-corrected chi connectivity index (χ1v) is 3.26. The van der Waals surface area contributed by atoms with E-state index in [0.29, 0.717) is 13.0 Å². The lowest BCUT2D eigenvalue weighted by atomic mass is 10.3. The predicted molar refractivity (Wildman–Crippen MR) is 38.7 cm³/mol. The van der Waals surface area contributed by atoms with E-state index < -0.39 is 0 Å². The summed E-state index contributed by atoms with van der Waals surface area (Å²) in [6.07, 6.45) is 5.51. The maximum absolute atomic E-state index is 10.6. The first-order valence-electron chi connectivity index (χ1n) is 3.26. The number of ether oxygens (including phenoxy) is 1. The van der Waals surface area contributed by atoms with Crippen molar-refractivity contribution >= 4 is 5.78 Å². The van der Waals surface area contributed by atoms with Gasteiger partial charge in [-0.25, -0.2) is 0 Å². The molecule has 0 fully saturated rings. The summed E-state index contributed by atoms with van der Waals surface area (Å²) in [5.74, 6) is 0.147. The lowest BCUT2D eigenvalue weighted by Gasteiger charge is -2.04. The largest absolute Gasteiger partial charge is 0.370 e. The van der Waals surface area contributed by atoms with Crippen molar-refractivity contribution in [2.75, 3.05) is 6.61 Å². The average molecular weight is 138 g/mol. The Bertz CT molecular complexity index is 170. The molecular weight excluding hydrogens is 128 g/mol. The van der Waals surface area contributed by atoms with Gasteiger partial charge in [-0.3, -0.25) is 4.79 Å². The zero-order valence-electron chi connectivity index (χ0n) is 5.75. The minimum Gasteiger partial charge on any atom is -0.370 e. The fourth-order valence-electron chi connectivity index (χ4n) is 0.855. The third kappa shape index (κ3) is 1.81. The summed E-state index contributed by atoms with van der Waals surface area (Å²) < 4.78 is 5.20. The molecular formula is C8H10O2. The van der Waals surface area contributed by atoms with Crippen molar-refractivity contribution in [1.82, 2.24) is 0 Å². The Morgan fingerprint density at radius 3 is 3.20 bits per heavy atom. The molecule has 1 rings (SSSR count). The lowest BCUT2D eigenvalue weighted by Crippen LogP contribution is -2.08. The van der Waals surface area contributed by atoms with Gasteiger partial charge >= 0.3 is 0 Å². The molecule has 1 aliphatic carbocycles. The van der Waals surface area contributed by atoms with E-state index in [9.17, 15) is 4.79 Å². The number of allylic oxidation sites excluding steroid dienone is 1. The number of carbonyl (C=O) groups is 1. The molecule has 1 atom stereocenters. The second-order valence-corrected chi connectivity index (χ2v) is 2.19. The molecule has 1 unspecified atom stereocenters. The van der Waals surface area contributed by atoms with Crippen molar-refractivity contribution in [3.05, 3.63) is 24.8 Å². The maximum Gasteiger partial charge on any atom is 0.158 e. The Kier molecular flexibility index (Phi) is 2.40. The van der Waals surface area contributed by atoms with E-state index in [4.69, 9.17) is 4.74 Å². The van der Waals surface area contributed by atoms with Crippen molar-refractivity contribution < 1.29 is 9.53 Å². The summed E-state index contributed by atoms with van der Waals surface area (Å²) >= 11 is 0. The molecule has 0 radical (unpaired) electrons. The van der Waals surface area contributed by atoms with E-state index in [0.717, 1.165) is 0 Å². The van der Waals surface area contributed by atoms with Crippen LogP contribution in [0.5, 0.6) is 0 Å². The van der Waals surface area contributed by atoms with Gasteiger partial charge in [0.25, 0.3) is 0 Å². The van der Waals surface area contributed by atoms with E-state index in [-0.39, 0.29) is 11.9 Å². The van der Waals surface area contributed by atoms with Crippen molar-refractivity contribution in [2.24, 2.45) is 0 Å². The van der Waals surface area contributed by atoms with Gasteiger partial charge in [0.05, 0.1) is 12.7 Å². The molecule has 0 saturated carbocycles. The third-order valence-corrected chi connectivity index (χ3v) is 1.33. The zero-order chi connectivity index (χ0) is 7.40. The van der Waals surface area contributed by atoms with Crippen LogP contribution in [0, 0.1) is 0 Å². The van der Waals surface area contributed by atoms with Crippen molar-refractivity contribution in [3.8, 4) is 0 Å². The molecule has 0 aliphatic heterocycles. The summed E-state index contributed by atoms with van der Waals surface area (Å²) in [7, 11) is 0. The van der Waals surface area contributed by atoms with Gasteiger partial charge < -0.3 is 4.74 Å². The zero-order valence-corrected chi connectivity index (χ0v) is 5.75. The third-order valence-electron chi connectivity index (χ3n) is 1.33. The highest BCUT2D eigenvalue weighted by Gasteiger charge is 2.14. The molecule has 0 bridgehead atoms. The second kappa shape index (κ2) is 3.32. The van der Waals surface area contributed by atoms with Crippen LogP contribution >= 0.6 is 0 Å². The van der Waals surface area contributed by atoms with Gasteiger partial charge in [-0.1, -0.05) is 12.2 Å². The molecule has 54 valence electrons. The molecule has 0 aromatic carbocycles. The quantitative estimate of drug-likeness (QED) is 0.545. The maximum atomic E-state index is 10.6. The fourth-order valence-corrected chi connectivity index (χ4v) is 0.855. The minimum atomic E-state index is -0.00880. The normalized spacial score (nSPS) is 23.6. The van der Waals surface area contributed by atoms with Gasteiger partial charge in [-0.05, 0) is 6.08 Å². The first-order chi connectivity index (χ1) is 4.83. The van der Waals surface area contributed by atoms with Gasteiger partial charge in [0.1, 0.15) is 0 Å². The van der Waals surface area contributed by atoms with Crippen LogP contribution in [0.2, 0.25) is 0 Å². The summed E-state index contributed by atoms with van der Waals surface area (Å²) in [4.78, 5) is 10.6. The van der Waals surface area contributed by atoms with Crippen molar-refractivity contribution in [1.29, 1.82) is 0 Å². The fraction of sp³-hybridized carbons (Fsp3) is 0.375. The molecule has 0 saturated heterocycles. The molecule has 1 aliphatic rings. The lowest BCUT2D eigenvalue weighted by molar-refractivity contribution is -0.115. The Labute approximate surface area is 60.2 Å². The van der Waals surface area contributed by atoms with Crippen LogP contribution in [0.4, 0.5) is 0 Å². The average Bonchev–Trinajstić information content (AvgIpc) is 2.31. The SMILES string of the molecule is C=CCOC1C=CC(=O)C1.